The van der Waals surface area contributed by atoms with E-state index in [0.717, 1.165) is 41.0 Å². The van der Waals surface area contributed by atoms with Gasteiger partial charge in [0.1, 0.15) is 12.1 Å². The fourth-order valence-corrected chi connectivity index (χ4v) is 5.42. The number of thiophene rings is 1. The molecule has 0 spiro atoms. The fourth-order valence-electron chi connectivity index (χ4n) is 4.37. The second-order valence-corrected chi connectivity index (χ2v) is 10.6. The summed E-state index contributed by atoms with van der Waals surface area (Å²) in [6.07, 6.45) is -2.38. The molecule has 5 rings (SSSR count). The second kappa shape index (κ2) is 11.6. The number of hydrogen-bond donors (Lipinski definition) is 2. The number of aromatic nitrogens is 2. The van der Waals surface area contributed by atoms with Crippen LogP contribution in [-0.4, -0.2) is 71.4 Å². The predicted octanol–water partition coefficient (Wildman–Crippen LogP) is 5.00. The number of rotatable bonds is 7. The number of carbonyl (C=O) groups is 2. The van der Waals surface area contributed by atoms with Gasteiger partial charge in [-0.05, 0) is 55.4 Å². The van der Waals surface area contributed by atoms with E-state index in [1.54, 1.807) is 12.1 Å². The first-order valence-corrected chi connectivity index (χ1v) is 13.5. The monoisotopic (exact) mass is 568 g/mol. The highest BCUT2D eigenvalue weighted by molar-refractivity contribution is 7.21. The van der Waals surface area contributed by atoms with E-state index in [9.17, 15) is 22.8 Å². The van der Waals surface area contributed by atoms with Crippen LogP contribution in [0.25, 0.3) is 10.2 Å². The van der Waals surface area contributed by atoms with Crippen molar-refractivity contribution in [3.63, 3.8) is 0 Å². The normalized spacial score (nSPS) is 14.3. The molecule has 4 aromatic rings. The maximum Gasteiger partial charge on any atom is 0.416 e. The van der Waals surface area contributed by atoms with E-state index < -0.39 is 17.6 Å². The van der Waals surface area contributed by atoms with Gasteiger partial charge in [-0.3, -0.25) is 9.59 Å². The summed E-state index contributed by atoms with van der Waals surface area (Å²) in [7, 11) is 2.05. The summed E-state index contributed by atoms with van der Waals surface area (Å²) in [4.78, 5) is 38.8. The van der Waals surface area contributed by atoms with Crippen LogP contribution in [0.3, 0.4) is 0 Å². The molecule has 0 saturated carbocycles. The van der Waals surface area contributed by atoms with E-state index in [1.807, 2.05) is 30.1 Å². The van der Waals surface area contributed by atoms with Gasteiger partial charge in [-0.2, -0.15) is 13.2 Å². The van der Waals surface area contributed by atoms with Crippen LogP contribution in [0, 0.1) is 0 Å². The van der Waals surface area contributed by atoms with Crippen LogP contribution in [0.15, 0.2) is 60.9 Å². The molecule has 0 aliphatic carbocycles. The lowest BCUT2D eigenvalue weighted by Crippen LogP contribution is -2.46. The van der Waals surface area contributed by atoms with E-state index in [-0.39, 0.29) is 11.5 Å². The zero-order valence-corrected chi connectivity index (χ0v) is 22.5. The summed E-state index contributed by atoms with van der Waals surface area (Å²) in [5.74, 6) is 0.0643. The minimum absolute atomic E-state index is 0.0160. The molecule has 2 N–H and O–H groups in total. The number of alkyl halides is 3. The predicted molar refractivity (Wildman–Crippen MR) is 149 cm³/mol. The standard InChI is InChI=1S/C28H27F3N6O2S/c1-36-11-13-37(14-12-36)27(39)23-16-22-24(40-23)25(34-17-33-22)32-10-9-18-5-7-21(8-6-18)35-26(38)19-3-2-4-20(15-19)28(29,30)31/h2-8,15-17H,9-14H2,1H3,(H,35,38)(H,32,33,34). The van der Waals surface area contributed by atoms with E-state index in [4.69, 9.17) is 0 Å². The van der Waals surface area contributed by atoms with Crippen LogP contribution in [0.1, 0.15) is 31.2 Å². The molecule has 0 unspecified atom stereocenters. The van der Waals surface area contributed by atoms with E-state index in [0.29, 0.717) is 42.4 Å². The number of carbonyl (C=O) groups excluding carboxylic acids is 2. The molecule has 0 atom stereocenters. The molecule has 2 amide bonds. The molecule has 2 aromatic carbocycles. The Hall–Kier alpha value is -4.03. The first kappa shape index (κ1) is 27.5. The van der Waals surface area contributed by atoms with Crippen molar-refractivity contribution in [3.05, 3.63) is 82.5 Å². The molecule has 1 saturated heterocycles. The lowest BCUT2D eigenvalue weighted by atomic mass is 10.1. The number of nitrogens with zero attached hydrogens (tertiary/aromatic N) is 4. The summed E-state index contributed by atoms with van der Waals surface area (Å²) in [5, 5.41) is 5.96. The minimum atomic E-state index is -4.52. The average Bonchev–Trinajstić information content (AvgIpc) is 3.39. The van der Waals surface area contributed by atoms with Crippen molar-refractivity contribution in [2.45, 2.75) is 12.6 Å². The van der Waals surface area contributed by atoms with Gasteiger partial charge >= 0.3 is 6.18 Å². The number of amides is 2. The van der Waals surface area contributed by atoms with Crippen molar-refractivity contribution in [1.82, 2.24) is 19.8 Å². The van der Waals surface area contributed by atoms with Gasteiger partial charge in [0.2, 0.25) is 0 Å². The van der Waals surface area contributed by atoms with Gasteiger partial charge in [0.05, 0.1) is 20.7 Å². The van der Waals surface area contributed by atoms with Gasteiger partial charge in [0.25, 0.3) is 11.8 Å². The van der Waals surface area contributed by atoms with Crippen LogP contribution in [-0.2, 0) is 12.6 Å². The Morgan fingerprint density at radius 2 is 1.75 bits per heavy atom. The molecule has 2 aromatic heterocycles. The van der Waals surface area contributed by atoms with Gasteiger partial charge in [0, 0.05) is 44.0 Å². The number of benzene rings is 2. The Morgan fingerprint density at radius 1 is 1.00 bits per heavy atom. The lowest BCUT2D eigenvalue weighted by Gasteiger charge is -2.32. The first-order valence-electron chi connectivity index (χ1n) is 12.7. The molecule has 1 fully saturated rings. The summed E-state index contributed by atoms with van der Waals surface area (Å²) in [6, 6.07) is 13.2. The number of anilines is 2. The van der Waals surface area contributed by atoms with Crippen molar-refractivity contribution in [2.75, 3.05) is 50.4 Å². The number of hydrogen-bond acceptors (Lipinski definition) is 7. The van der Waals surface area contributed by atoms with Gasteiger partial charge in [-0.15, -0.1) is 11.3 Å². The highest BCUT2D eigenvalue weighted by Crippen LogP contribution is 2.31. The average molecular weight is 569 g/mol. The van der Waals surface area contributed by atoms with Gasteiger partial charge < -0.3 is 20.4 Å². The number of halogens is 3. The molecule has 1 aliphatic rings. The number of nitrogens with one attached hydrogen (secondary N) is 2. The van der Waals surface area contributed by atoms with Crippen molar-refractivity contribution < 1.29 is 22.8 Å². The molecule has 3 heterocycles. The smallest absolute Gasteiger partial charge is 0.368 e. The summed E-state index contributed by atoms with van der Waals surface area (Å²) in [6.45, 7) is 3.68. The zero-order chi connectivity index (χ0) is 28.3. The Labute approximate surface area is 232 Å². The van der Waals surface area contributed by atoms with E-state index >= 15 is 0 Å². The summed E-state index contributed by atoms with van der Waals surface area (Å²) >= 11 is 1.39. The number of piperazine rings is 1. The molecule has 0 radical (unpaired) electrons. The van der Waals surface area contributed by atoms with Gasteiger partial charge in [0.15, 0.2) is 0 Å². The quantitative estimate of drug-likeness (QED) is 0.326. The molecule has 40 heavy (non-hydrogen) atoms. The molecule has 208 valence electrons. The maximum atomic E-state index is 13.0. The Bertz CT molecular complexity index is 1510. The van der Waals surface area contributed by atoms with E-state index in [1.165, 1.54) is 29.8 Å². The molecule has 12 heteroatoms. The van der Waals surface area contributed by atoms with Crippen LogP contribution >= 0.6 is 11.3 Å². The van der Waals surface area contributed by atoms with Crippen molar-refractivity contribution in [3.8, 4) is 0 Å². The Morgan fingerprint density at radius 3 is 2.48 bits per heavy atom. The molecular formula is C28H27F3N6O2S. The van der Waals surface area contributed by atoms with Gasteiger partial charge in [-0.25, -0.2) is 9.97 Å². The zero-order valence-electron chi connectivity index (χ0n) is 21.7. The van der Waals surface area contributed by atoms with Crippen molar-refractivity contribution >= 4 is 44.9 Å². The fraction of sp³-hybridized carbons (Fsp3) is 0.286. The number of likely N-dealkylation sites (N-methyl/N-ethyl adjacent to an activating group) is 1. The first-order chi connectivity index (χ1) is 19.2. The Kier molecular flexibility index (Phi) is 7.99. The van der Waals surface area contributed by atoms with Gasteiger partial charge in [-0.1, -0.05) is 18.2 Å². The van der Waals surface area contributed by atoms with Crippen molar-refractivity contribution in [2.24, 2.45) is 0 Å². The topological polar surface area (TPSA) is 90.5 Å². The molecule has 8 nitrogen and oxygen atoms in total. The van der Waals surface area contributed by atoms with Crippen LogP contribution in [0.5, 0.6) is 0 Å². The van der Waals surface area contributed by atoms with Crippen LogP contribution in [0.2, 0.25) is 0 Å². The third-order valence-electron chi connectivity index (χ3n) is 6.68. The highest BCUT2D eigenvalue weighted by Gasteiger charge is 2.31. The maximum absolute atomic E-state index is 13.0. The summed E-state index contributed by atoms with van der Waals surface area (Å²) < 4.78 is 39.7. The third kappa shape index (κ3) is 6.40. The van der Waals surface area contributed by atoms with Crippen molar-refractivity contribution in [1.29, 1.82) is 0 Å². The summed E-state index contributed by atoms with van der Waals surface area (Å²) in [5.41, 5.74) is 1.26. The minimum Gasteiger partial charge on any atom is -0.368 e. The molecular weight excluding hydrogens is 541 g/mol. The third-order valence-corrected chi connectivity index (χ3v) is 7.80. The number of fused-ring (bicyclic) bond motifs is 1. The lowest BCUT2D eigenvalue weighted by molar-refractivity contribution is -0.137. The Balaban J connectivity index is 1.17. The SMILES string of the molecule is CN1CCN(C(=O)c2cc3ncnc(NCCc4ccc(NC(=O)c5cccc(C(F)(F)F)c5)cc4)c3s2)CC1. The largest absolute Gasteiger partial charge is 0.416 e. The van der Waals surface area contributed by atoms with E-state index in [2.05, 4.69) is 25.5 Å². The highest BCUT2D eigenvalue weighted by atomic mass is 32.1. The van der Waals surface area contributed by atoms with Crippen LogP contribution in [0.4, 0.5) is 24.7 Å². The van der Waals surface area contributed by atoms with Crippen LogP contribution < -0.4 is 10.6 Å². The molecule has 0 bridgehead atoms. The second-order valence-electron chi connectivity index (χ2n) is 9.55. The molecule has 1 aliphatic heterocycles.